The summed E-state index contributed by atoms with van der Waals surface area (Å²) in [6, 6.07) is 7.99. The van der Waals surface area contributed by atoms with E-state index < -0.39 is 0 Å². The number of benzene rings is 1. The lowest BCUT2D eigenvalue weighted by Gasteiger charge is -2.43. The van der Waals surface area contributed by atoms with Crippen LogP contribution in [0.3, 0.4) is 0 Å². The molecule has 0 amide bonds. The van der Waals surface area contributed by atoms with Gasteiger partial charge in [0.05, 0.1) is 32.0 Å². The molecular weight excluding hydrogens is 356 g/mol. The van der Waals surface area contributed by atoms with Crippen LogP contribution in [0.25, 0.3) is 11.4 Å². The zero-order chi connectivity index (χ0) is 19.3. The Balaban J connectivity index is 1.36. The maximum absolute atomic E-state index is 10.7. The fourth-order valence-electron chi connectivity index (χ4n) is 4.13. The van der Waals surface area contributed by atoms with Gasteiger partial charge in [-0.1, -0.05) is 12.1 Å². The van der Waals surface area contributed by atoms with Crippen molar-refractivity contribution in [1.82, 2.24) is 19.8 Å². The van der Waals surface area contributed by atoms with Crippen LogP contribution in [0.5, 0.6) is 5.75 Å². The number of nitrogens with zero attached hydrogens (tertiary/aromatic N) is 4. The Hall–Kier alpha value is -2.06. The van der Waals surface area contributed by atoms with Crippen molar-refractivity contribution in [3.05, 3.63) is 42.2 Å². The third-order valence-corrected chi connectivity index (χ3v) is 5.60. The number of morpholine rings is 1. The van der Waals surface area contributed by atoms with Crippen LogP contribution < -0.4 is 4.74 Å². The predicted molar refractivity (Wildman–Crippen MR) is 106 cm³/mol. The van der Waals surface area contributed by atoms with Gasteiger partial charge < -0.3 is 14.6 Å². The molecule has 0 saturated carbocycles. The maximum Gasteiger partial charge on any atom is 0.162 e. The first-order chi connectivity index (χ1) is 13.7. The lowest BCUT2D eigenvalue weighted by atomic mass is 9.99. The molecule has 7 heteroatoms. The monoisotopic (exact) mass is 384 g/mol. The van der Waals surface area contributed by atoms with Crippen molar-refractivity contribution in [2.24, 2.45) is 0 Å². The summed E-state index contributed by atoms with van der Waals surface area (Å²) in [6.45, 7) is 5.76. The number of piperidine rings is 1. The maximum atomic E-state index is 10.7. The predicted octanol–water partition coefficient (Wildman–Crippen LogP) is 1.42. The van der Waals surface area contributed by atoms with Gasteiger partial charge in [0.15, 0.2) is 5.82 Å². The van der Waals surface area contributed by atoms with Gasteiger partial charge >= 0.3 is 0 Å². The SMILES string of the molecule is COc1ccccc1-c1ncc(CN2CC[C@@H](N3CCOCC3)[C@H](O)C2)cn1. The zero-order valence-corrected chi connectivity index (χ0v) is 16.3. The number of rotatable bonds is 5. The largest absolute Gasteiger partial charge is 0.496 e. The van der Waals surface area contributed by atoms with Crippen LogP contribution in [-0.4, -0.2) is 83.5 Å². The Morgan fingerprint density at radius 1 is 1.14 bits per heavy atom. The summed E-state index contributed by atoms with van der Waals surface area (Å²) in [7, 11) is 1.65. The first-order valence-corrected chi connectivity index (χ1v) is 9.91. The van der Waals surface area contributed by atoms with E-state index in [2.05, 4.69) is 19.8 Å². The van der Waals surface area contributed by atoms with Crippen molar-refractivity contribution in [2.75, 3.05) is 46.5 Å². The molecule has 4 rings (SSSR count). The van der Waals surface area contributed by atoms with E-state index in [9.17, 15) is 5.11 Å². The summed E-state index contributed by atoms with van der Waals surface area (Å²) in [5.74, 6) is 1.43. The van der Waals surface area contributed by atoms with Gasteiger partial charge in [0.1, 0.15) is 5.75 Å². The summed E-state index contributed by atoms with van der Waals surface area (Å²) in [6.07, 6.45) is 4.38. The van der Waals surface area contributed by atoms with Gasteiger partial charge in [0, 0.05) is 56.7 Å². The first kappa shape index (κ1) is 19.3. The summed E-state index contributed by atoms with van der Waals surface area (Å²) < 4.78 is 10.8. The lowest BCUT2D eigenvalue weighted by molar-refractivity contribution is -0.0534. The first-order valence-electron chi connectivity index (χ1n) is 9.91. The Morgan fingerprint density at radius 3 is 2.61 bits per heavy atom. The molecule has 1 aromatic carbocycles. The molecule has 28 heavy (non-hydrogen) atoms. The van der Waals surface area contributed by atoms with Crippen LogP contribution in [0.4, 0.5) is 0 Å². The molecule has 0 spiro atoms. The molecule has 7 nitrogen and oxygen atoms in total. The number of likely N-dealkylation sites (tertiary alicyclic amines) is 1. The van der Waals surface area contributed by atoms with Gasteiger partial charge in [-0.2, -0.15) is 0 Å². The summed E-state index contributed by atoms with van der Waals surface area (Å²) in [5.41, 5.74) is 1.94. The highest BCUT2D eigenvalue weighted by atomic mass is 16.5. The highest BCUT2D eigenvalue weighted by molar-refractivity contribution is 5.63. The molecule has 1 N–H and O–H groups in total. The Morgan fingerprint density at radius 2 is 1.89 bits per heavy atom. The van der Waals surface area contributed by atoms with Gasteiger partial charge in [-0.3, -0.25) is 9.80 Å². The van der Waals surface area contributed by atoms with Crippen LogP contribution in [0.1, 0.15) is 12.0 Å². The highest BCUT2D eigenvalue weighted by Crippen LogP contribution is 2.26. The number of hydrogen-bond acceptors (Lipinski definition) is 7. The molecule has 2 fully saturated rings. The van der Waals surface area contributed by atoms with Crippen LogP contribution in [-0.2, 0) is 11.3 Å². The topological polar surface area (TPSA) is 71.0 Å². The Bertz CT molecular complexity index is 765. The van der Waals surface area contributed by atoms with Crippen molar-refractivity contribution in [1.29, 1.82) is 0 Å². The second kappa shape index (κ2) is 8.96. The number of para-hydroxylation sites is 1. The number of aliphatic hydroxyl groups is 1. The Kier molecular flexibility index (Phi) is 6.17. The third kappa shape index (κ3) is 4.33. The third-order valence-electron chi connectivity index (χ3n) is 5.60. The van der Waals surface area contributed by atoms with Crippen molar-refractivity contribution >= 4 is 0 Å². The van der Waals surface area contributed by atoms with E-state index in [1.54, 1.807) is 7.11 Å². The van der Waals surface area contributed by atoms with Gasteiger partial charge in [-0.05, 0) is 18.6 Å². The quantitative estimate of drug-likeness (QED) is 0.836. The molecule has 1 aromatic heterocycles. The highest BCUT2D eigenvalue weighted by Gasteiger charge is 2.32. The van der Waals surface area contributed by atoms with Crippen molar-refractivity contribution < 1.29 is 14.6 Å². The van der Waals surface area contributed by atoms with Crippen LogP contribution in [0.15, 0.2) is 36.7 Å². The number of β-amino-alcohol motifs (C(OH)–C–C–N with tert-alkyl or cyclic N) is 1. The minimum absolute atomic E-state index is 0.240. The van der Waals surface area contributed by atoms with Crippen molar-refractivity contribution in [2.45, 2.75) is 25.1 Å². The van der Waals surface area contributed by atoms with Crippen LogP contribution >= 0.6 is 0 Å². The average molecular weight is 384 g/mol. The molecule has 2 aromatic rings. The van der Waals surface area contributed by atoms with E-state index in [1.807, 2.05) is 36.7 Å². The number of aromatic nitrogens is 2. The van der Waals surface area contributed by atoms with E-state index >= 15 is 0 Å². The smallest absolute Gasteiger partial charge is 0.162 e. The second-order valence-corrected chi connectivity index (χ2v) is 7.42. The fraction of sp³-hybridized carbons (Fsp3) is 0.524. The summed E-state index contributed by atoms with van der Waals surface area (Å²) in [5, 5.41) is 10.7. The van der Waals surface area contributed by atoms with Gasteiger partial charge in [0.25, 0.3) is 0 Å². The van der Waals surface area contributed by atoms with E-state index in [4.69, 9.17) is 9.47 Å². The molecule has 2 saturated heterocycles. The van der Waals surface area contributed by atoms with Gasteiger partial charge in [-0.25, -0.2) is 9.97 Å². The zero-order valence-electron chi connectivity index (χ0n) is 16.3. The minimum Gasteiger partial charge on any atom is -0.496 e. The van der Waals surface area contributed by atoms with Crippen LogP contribution in [0.2, 0.25) is 0 Å². The normalized spacial score (nSPS) is 24.2. The van der Waals surface area contributed by atoms with E-state index in [0.29, 0.717) is 12.4 Å². The fourth-order valence-corrected chi connectivity index (χ4v) is 4.13. The average Bonchev–Trinajstić information content (AvgIpc) is 2.75. The molecular formula is C21H28N4O3. The van der Waals surface area contributed by atoms with Crippen LogP contribution in [0, 0.1) is 0 Å². The standard InChI is InChI=1S/C21H28N4O3/c1-27-20-5-3-2-4-17(20)21-22-12-16(13-23-21)14-24-7-6-18(19(26)15-24)25-8-10-28-11-9-25/h2-5,12-13,18-19,26H,6-11,14-15H2,1H3/t18-,19-/m1/s1. The molecule has 2 atom stereocenters. The van der Waals surface area contributed by atoms with Gasteiger partial charge in [0.2, 0.25) is 0 Å². The van der Waals surface area contributed by atoms with Gasteiger partial charge in [-0.15, -0.1) is 0 Å². The van der Waals surface area contributed by atoms with E-state index in [1.165, 1.54) is 0 Å². The van der Waals surface area contributed by atoms with Crippen molar-refractivity contribution in [3.8, 4) is 17.1 Å². The number of ether oxygens (including phenoxy) is 2. The lowest BCUT2D eigenvalue weighted by Crippen LogP contribution is -2.56. The number of aliphatic hydroxyl groups excluding tert-OH is 1. The summed E-state index contributed by atoms with van der Waals surface area (Å²) in [4.78, 5) is 13.7. The molecule has 2 aliphatic rings. The molecule has 150 valence electrons. The minimum atomic E-state index is -0.333. The second-order valence-electron chi connectivity index (χ2n) is 7.42. The Labute approximate surface area is 165 Å². The molecule has 0 radical (unpaired) electrons. The molecule has 0 bridgehead atoms. The summed E-state index contributed by atoms with van der Waals surface area (Å²) >= 11 is 0. The molecule has 0 aliphatic carbocycles. The van der Waals surface area contributed by atoms with E-state index in [0.717, 1.165) is 62.7 Å². The molecule has 2 aliphatic heterocycles. The van der Waals surface area contributed by atoms with E-state index in [-0.39, 0.29) is 12.1 Å². The van der Waals surface area contributed by atoms with Crippen molar-refractivity contribution in [3.63, 3.8) is 0 Å². The molecule has 0 unspecified atom stereocenters. The number of methoxy groups -OCH3 is 1. The molecule has 3 heterocycles. The number of hydrogen-bond donors (Lipinski definition) is 1.